The van der Waals surface area contributed by atoms with Crippen molar-refractivity contribution in [2.24, 2.45) is 0 Å². The van der Waals surface area contributed by atoms with E-state index in [-0.39, 0.29) is 6.42 Å². The molecular formula is C14H15NO2S2. The number of nitrogens with zero attached hydrogens (tertiary/aromatic N) is 1. The van der Waals surface area contributed by atoms with Gasteiger partial charge in [0.15, 0.2) is 0 Å². The van der Waals surface area contributed by atoms with E-state index in [0.717, 1.165) is 15.6 Å². The Kier molecular flexibility index (Phi) is 4.99. The van der Waals surface area contributed by atoms with Crippen LogP contribution < -0.4 is 0 Å². The van der Waals surface area contributed by atoms with Crippen LogP contribution in [0.2, 0.25) is 0 Å². The van der Waals surface area contributed by atoms with Gasteiger partial charge in [0.25, 0.3) is 0 Å². The summed E-state index contributed by atoms with van der Waals surface area (Å²) in [6.07, 6.45) is 2.54. The number of hydrogen-bond donors (Lipinski definition) is 1. The Balaban J connectivity index is 1.86. The summed E-state index contributed by atoms with van der Waals surface area (Å²) in [5.41, 5.74) is 1.26. The van der Waals surface area contributed by atoms with Crippen molar-refractivity contribution in [2.75, 3.05) is 0 Å². The third-order valence-electron chi connectivity index (χ3n) is 2.57. The lowest BCUT2D eigenvalue weighted by molar-refractivity contribution is -0.136. The fourth-order valence-electron chi connectivity index (χ4n) is 1.54. The Labute approximate surface area is 120 Å². The standard InChI is InChI=1S/C14H15NO2S2/c1-10-2-4-11(5-3-10)18-9-13-15-8-12(19-13)6-7-14(16)17/h2-5,8H,6-7,9H2,1H3,(H,16,17). The number of aliphatic carboxylic acids is 1. The average molecular weight is 293 g/mol. The molecule has 0 atom stereocenters. The molecule has 0 saturated carbocycles. The Bertz CT molecular complexity index is 549. The Morgan fingerprint density at radius 1 is 1.37 bits per heavy atom. The molecule has 0 aliphatic rings. The molecule has 0 bridgehead atoms. The highest BCUT2D eigenvalue weighted by molar-refractivity contribution is 7.98. The molecule has 0 unspecified atom stereocenters. The molecule has 1 N–H and O–H groups in total. The molecule has 0 fully saturated rings. The first-order valence-electron chi connectivity index (χ1n) is 5.98. The summed E-state index contributed by atoms with van der Waals surface area (Å²) in [6.45, 7) is 2.07. The predicted molar refractivity (Wildman–Crippen MR) is 78.8 cm³/mol. The van der Waals surface area contributed by atoms with Gasteiger partial charge < -0.3 is 5.11 Å². The first-order chi connectivity index (χ1) is 9.13. The molecule has 19 heavy (non-hydrogen) atoms. The van der Waals surface area contributed by atoms with Gasteiger partial charge in [0.1, 0.15) is 5.01 Å². The van der Waals surface area contributed by atoms with Crippen molar-refractivity contribution in [2.45, 2.75) is 30.4 Å². The van der Waals surface area contributed by atoms with Crippen LogP contribution in [-0.4, -0.2) is 16.1 Å². The van der Waals surface area contributed by atoms with Crippen molar-refractivity contribution in [3.05, 3.63) is 45.9 Å². The molecule has 0 amide bonds. The van der Waals surface area contributed by atoms with Crippen molar-refractivity contribution in [1.82, 2.24) is 4.98 Å². The number of rotatable bonds is 6. The highest BCUT2D eigenvalue weighted by atomic mass is 32.2. The van der Waals surface area contributed by atoms with Gasteiger partial charge in [-0.1, -0.05) is 17.7 Å². The fraction of sp³-hybridized carbons (Fsp3) is 0.286. The normalized spacial score (nSPS) is 10.6. The van der Waals surface area contributed by atoms with Crippen molar-refractivity contribution in [3.63, 3.8) is 0 Å². The zero-order valence-electron chi connectivity index (χ0n) is 10.6. The maximum absolute atomic E-state index is 10.5. The molecule has 100 valence electrons. The molecule has 0 aliphatic carbocycles. The summed E-state index contributed by atoms with van der Waals surface area (Å²) in [5.74, 6) is 0.0739. The largest absolute Gasteiger partial charge is 0.481 e. The van der Waals surface area contributed by atoms with E-state index in [9.17, 15) is 4.79 Å². The minimum Gasteiger partial charge on any atom is -0.481 e. The van der Waals surface area contributed by atoms with Crippen molar-refractivity contribution in [3.8, 4) is 0 Å². The van der Waals surface area contributed by atoms with Gasteiger partial charge in [-0.05, 0) is 25.5 Å². The maximum atomic E-state index is 10.5. The second-order valence-electron chi connectivity index (χ2n) is 4.22. The number of carboxylic acid groups (broad SMARTS) is 1. The van der Waals surface area contributed by atoms with Crippen LogP contribution in [0.4, 0.5) is 0 Å². The van der Waals surface area contributed by atoms with E-state index in [2.05, 4.69) is 36.2 Å². The summed E-state index contributed by atoms with van der Waals surface area (Å²) < 4.78 is 0. The number of carboxylic acids is 1. The van der Waals surface area contributed by atoms with Gasteiger partial charge in [-0.15, -0.1) is 23.1 Å². The number of carbonyl (C=O) groups is 1. The number of thiazole rings is 1. The molecule has 1 aromatic heterocycles. The van der Waals surface area contributed by atoms with Gasteiger partial charge in [-0.2, -0.15) is 0 Å². The van der Waals surface area contributed by atoms with E-state index in [4.69, 9.17) is 5.11 Å². The van der Waals surface area contributed by atoms with Gasteiger partial charge in [0, 0.05) is 16.0 Å². The van der Waals surface area contributed by atoms with Gasteiger partial charge in [0.05, 0.1) is 12.2 Å². The molecule has 2 aromatic rings. The van der Waals surface area contributed by atoms with Gasteiger partial charge >= 0.3 is 5.97 Å². The molecule has 2 rings (SSSR count). The van der Waals surface area contributed by atoms with Crippen LogP contribution in [0.3, 0.4) is 0 Å². The molecule has 1 aromatic carbocycles. The lowest BCUT2D eigenvalue weighted by atomic mass is 10.2. The highest BCUT2D eigenvalue weighted by Crippen LogP contribution is 2.25. The first-order valence-corrected chi connectivity index (χ1v) is 7.78. The van der Waals surface area contributed by atoms with Crippen molar-refractivity contribution < 1.29 is 9.90 Å². The summed E-state index contributed by atoms with van der Waals surface area (Å²) in [5, 5.41) is 9.68. The second-order valence-corrected chi connectivity index (χ2v) is 6.46. The predicted octanol–water partition coefficient (Wildman–Crippen LogP) is 3.76. The third kappa shape index (κ3) is 4.69. The van der Waals surface area contributed by atoms with E-state index in [1.165, 1.54) is 10.5 Å². The zero-order chi connectivity index (χ0) is 13.7. The van der Waals surface area contributed by atoms with E-state index >= 15 is 0 Å². The van der Waals surface area contributed by atoms with Gasteiger partial charge in [0.2, 0.25) is 0 Å². The van der Waals surface area contributed by atoms with Crippen LogP contribution >= 0.6 is 23.1 Å². The van der Waals surface area contributed by atoms with E-state index in [0.29, 0.717) is 6.42 Å². The Morgan fingerprint density at radius 2 is 2.11 bits per heavy atom. The summed E-state index contributed by atoms with van der Waals surface area (Å²) in [7, 11) is 0. The topological polar surface area (TPSA) is 50.2 Å². The SMILES string of the molecule is Cc1ccc(SCc2ncc(CCC(=O)O)s2)cc1. The molecule has 0 spiro atoms. The van der Waals surface area contributed by atoms with E-state index in [1.54, 1.807) is 29.3 Å². The molecular weight excluding hydrogens is 278 g/mol. The van der Waals surface area contributed by atoms with Crippen LogP contribution in [0.1, 0.15) is 21.9 Å². The number of aryl methyl sites for hydroxylation is 2. The lowest BCUT2D eigenvalue weighted by Gasteiger charge is -1.99. The number of aromatic nitrogens is 1. The minimum atomic E-state index is -0.760. The Morgan fingerprint density at radius 3 is 2.79 bits per heavy atom. The van der Waals surface area contributed by atoms with E-state index < -0.39 is 5.97 Å². The van der Waals surface area contributed by atoms with Crippen molar-refractivity contribution >= 4 is 29.1 Å². The molecule has 0 radical (unpaired) electrons. The molecule has 5 heteroatoms. The van der Waals surface area contributed by atoms with Crippen LogP contribution in [0.5, 0.6) is 0 Å². The molecule has 3 nitrogen and oxygen atoms in total. The molecule has 1 heterocycles. The maximum Gasteiger partial charge on any atom is 0.303 e. The Hall–Kier alpha value is -1.33. The van der Waals surface area contributed by atoms with Crippen LogP contribution in [-0.2, 0) is 17.0 Å². The number of benzene rings is 1. The third-order valence-corrected chi connectivity index (χ3v) is 4.83. The fourth-order valence-corrected chi connectivity index (χ4v) is 3.36. The monoisotopic (exact) mass is 293 g/mol. The molecule has 0 saturated heterocycles. The lowest BCUT2D eigenvalue weighted by Crippen LogP contribution is -1.95. The number of hydrogen-bond acceptors (Lipinski definition) is 4. The van der Waals surface area contributed by atoms with Crippen LogP contribution in [0.15, 0.2) is 35.4 Å². The highest BCUT2D eigenvalue weighted by Gasteiger charge is 2.05. The quantitative estimate of drug-likeness (QED) is 0.824. The number of thioether (sulfide) groups is 1. The summed E-state index contributed by atoms with van der Waals surface area (Å²) >= 11 is 3.35. The average Bonchev–Trinajstić information content (AvgIpc) is 2.84. The summed E-state index contributed by atoms with van der Waals surface area (Å²) in [4.78, 5) is 17.1. The first kappa shape index (κ1) is 14.1. The minimum absolute atomic E-state index is 0.173. The van der Waals surface area contributed by atoms with Crippen LogP contribution in [0, 0.1) is 6.92 Å². The smallest absolute Gasteiger partial charge is 0.303 e. The van der Waals surface area contributed by atoms with Crippen LogP contribution in [0.25, 0.3) is 0 Å². The van der Waals surface area contributed by atoms with Crippen molar-refractivity contribution in [1.29, 1.82) is 0 Å². The van der Waals surface area contributed by atoms with Gasteiger partial charge in [-0.25, -0.2) is 4.98 Å². The second kappa shape index (κ2) is 6.73. The zero-order valence-corrected chi connectivity index (χ0v) is 12.3. The van der Waals surface area contributed by atoms with Gasteiger partial charge in [-0.3, -0.25) is 4.79 Å². The summed E-state index contributed by atoms with van der Waals surface area (Å²) in [6, 6.07) is 8.42. The van der Waals surface area contributed by atoms with E-state index in [1.807, 2.05) is 0 Å². The molecule has 0 aliphatic heterocycles.